The quantitative estimate of drug-likeness (QED) is 0.825. The Labute approximate surface area is 96.5 Å². The van der Waals surface area contributed by atoms with E-state index in [9.17, 15) is 0 Å². The van der Waals surface area contributed by atoms with Crippen LogP contribution in [0.25, 0.3) is 0 Å². The number of hydrogen-bond donors (Lipinski definition) is 1. The molecule has 0 radical (unpaired) electrons. The minimum absolute atomic E-state index is 0.536. The molecule has 0 saturated heterocycles. The summed E-state index contributed by atoms with van der Waals surface area (Å²) in [4.78, 5) is 4.24. The van der Waals surface area contributed by atoms with Gasteiger partial charge in [-0.2, -0.15) is 5.26 Å². The van der Waals surface area contributed by atoms with Gasteiger partial charge in [0, 0.05) is 12.2 Å². The van der Waals surface area contributed by atoms with Crippen LogP contribution in [0.15, 0.2) is 18.3 Å². The molecule has 1 aromatic heterocycles. The van der Waals surface area contributed by atoms with E-state index in [1.807, 2.05) is 12.1 Å². The van der Waals surface area contributed by atoms with Gasteiger partial charge in [-0.05, 0) is 30.9 Å². The number of anilines is 1. The first kappa shape index (κ1) is 10.9. The lowest BCUT2D eigenvalue weighted by Gasteiger charge is -2.29. The second-order valence-electron chi connectivity index (χ2n) is 4.56. The van der Waals surface area contributed by atoms with Crippen molar-refractivity contribution in [2.75, 3.05) is 5.32 Å². The van der Waals surface area contributed by atoms with Crippen molar-refractivity contribution in [1.29, 1.82) is 5.26 Å². The van der Waals surface area contributed by atoms with E-state index in [0.717, 1.165) is 5.82 Å². The highest BCUT2D eigenvalue weighted by Crippen LogP contribution is 2.26. The van der Waals surface area contributed by atoms with Crippen molar-refractivity contribution in [1.82, 2.24) is 4.98 Å². The zero-order chi connectivity index (χ0) is 11.4. The minimum atomic E-state index is 0.536. The molecule has 1 heterocycles. The Balaban J connectivity index is 2.00. The molecule has 1 N–H and O–H groups in total. The topological polar surface area (TPSA) is 48.7 Å². The van der Waals surface area contributed by atoms with Gasteiger partial charge in [0.05, 0.1) is 5.56 Å². The highest BCUT2D eigenvalue weighted by atomic mass is 15.0. The summed E-state index contributed by atoms with van der Waals surface area (Å²) in [5.41, 5.74) is 0.613. The second kappa shape index (κ2) is 4.98. The molecule has 16 heavy (non-hydrogen) atoms. The molecular weight excluding hydrogens is 198 g/mol. The number of rotatable bonds is 2. The van der Waals surface area contributed by atoms with Crippen LogP contribution in [-0.4, -0.2) is 11.0 Å². The maximum Gasteiger partial charge on any atom is 0.126 e. The second-order valence-corrected chi connectivity index (χ2v) is 4.56. The highest BCUT2D eigenvalue weighted by Gasteiger charge is 2.20. The molecule has 1 aliphatic carbocycles. The van der Waals surface area contributed by atoms with E-state index in [0.29, 0.717) is 17.5 Å². The van der Waals surface area contributed by atoms with Gasteiger partial charge in [-0.15, -0.1) is 0 Å². The lowest BCUT2D eigenvalue weighted by Crippen LogP contribution is -2.30. The summed E-state index contributed by atoms with van der Waals surface area (Å²) >= 11 is 0. The summed E-state index contributed by atoms with van der Waals surface area (Å²) in [6.45, 7) is 2.29. The van der Waals surface area contributed by atoms with Crippen LogP contribution in [0.1, 0.15) is 38.2 Å². The predicted octanol–water partition coefficient (Wildman–Crippen LogP) is 2.94. The fourth-order valence-electron chi connectivity index (χ4n) is 2.27. The molecule has 3 heteroatoms. The summed E-state index contributed by atoms with van der Waals surface area (Å²) in [5, 5.41) is 12.1. The lowest BCUT2D eigenvalue weighted by molar-refractivity contribution is 0.349. The zero-order valence-corrected chi connectivity index (χ0v) is 9.61. The molecular formula is C13H17N3. The van der Waals surface area contributed by atoms with E-state index in [2.05, 4.69) is 23.3 Å². The molecule has 3 nitrogen and oxygen atoms in total. The molecule has 2 unspecified atom stereocenters. The lowest BCUT2D eigenvalue weighted by atomic mass is 9.86. The fourth-order valence-corrected chi connectivity index (χ4v) is 2.27. The number of nitriles is 1. The van der Waals surface area contributed by atoms with E-state index < -0.39 is 0 Å². The first-order valence-electron chi connectivity index (χ1n) is 5.92. The van der Waals surface area contributed by atoms with Crippen molar-refractivity contribution in [3.05, 3.63) is 23.9 Å². The van der Waals surface area contributed by atoms with Crippen LogP contribution in [0.3, 0.4) is 0 Å². The van der Waals surface area contributed by atoms with Crippen molar-refractivity contribution in [2.45, 2.75) is 38.6 Å². The van der Waals surface area contributed by atoms with Gasteiger partial charge >= 0.3 is 0 Å². The average molecular weight is 215 g/mol. The minimum Gasteiger partial charge on any atom is -0.367 e. The van der Waals surface area contributed by atoms with E-state index in [-0.39, 0.29) is 0 Å². The summed E-state index contributed by atoms with van der Waals surface area (Å²) in [6, 6.07) is 6.31. The normalized spacial score (nSPS) is 24.8. The average Bonchev–Trinajstić information content (AvgIpc) is 2.33. The zero-order valence-electron chi connectivity index (χ0n) is 9.61. The van der Waals surface area contributed by atoms with E-state index in [4.69, 9.17) is 5.26 Å². The van der Waals surface area contributed by atoms with Crippen molar-refractivity contribution < 1.29 is 0 Å². The van der Waals surface area contributed by atoms with Gasteiger partial charge in [0.15, 0.2) is 0 Å². The molecule has 2 rings (SSSR count). The number of hydrogen-bond acceptors (Lipinski definition) is 3. The smallest absolute Gasteiger partial charge is 0.126 e. The van der Waals surface area contributed by atoms with Crippen LogP contribution in [0.2, 0.25) is 0 Å². The predicted molar refractivity (Wildman–Crippen MR) is 64.0 cm³/mol. The van der Waals surface area contributed by atoms with Gasteiger partial charge in [-0.3, -0.25) is 0 Å². The van der Waals surface area contributed by atoms with Crippen LogP contribution in [0.4, 0.5) is 5.82 Å². The third-order valence-corrected chi connectivity index (χ3v) is 3.34. The Kier molecular flexibility index (Phi) is 3.40. The number of nitrogens with zero attached hydrogens (tertiary/aromatic N) is 2. The Bertz CT molecular complexity index is 377. The molecule has 0 aromatic carbocycles. The molecule has 0 aliphatic heterocycles. The molecule has 0 bridgehead atoms. The third-order valence-electron chi connectivity index (χ3n) is 3.34. The molecule has 1 saturated carbocycles. The van der Waals surface area contributed by atoms with Crippen LogP contribution >= 0.6 is 0 Å². The van der Waals surface area contributed by atoms with Gasteiger partial charge in [0.25, 0.3) is 0 Å². The summed E-state index contributed by atoms with van der Waals surface area (Å²) in [7, 11) is 0. The number of aromatic nitrogens is 1. The van der Waals surface area contributed by atoms with Crippen LogP contribution in [-0.2, 0) is 0 Å². The van der Waals surface area contributed by atoms with Gasteiger partial charge < -0.3 is 5.32 Å². The van der Waals surface area contributed by atoms with Crippen LogP contribution in [0.5, 0.6) is 0 Å². The van der Waals surface area contributed by atoms with E-state index in [1.54, 1.807) is 6.20 Å². The maximum atomic E-state index is 8.68. The first-order chi connectivity index (χ1) is 7.79. The van der Waals surface area contributed by atoms with E-state index >= 15 is 0 Å². The first-order valence-corrected chi connectivity index (χ1v) is 5.92. The Morgan fingerprint density at radius 2 is 2.19 bits per heavy atom. The molecule has 84 valence electrons. The maximum absolute atomic E-state index is 8.68. The van der Waals surface area contributed by atoms with Crippen molar-refractivity contribution in [2.24, 2.45) is 5.92 Å². The number of pyridine rings is 1. The molecule has 1 fully saturated rings. The third kappa shape index (κ3) is 2.52. The van der Waals surface area contributed by atoms with Crippen LogP contribution in [0, 0.1) is 17.2 Å². The molecule has 1 aliphatic rings. The van der Waals surface area contributed by atoms with Crippen LogP contribution < -0.4 is 5.32 Å². The molecule has 0 spiro atoms. The summed E-state index contributed by atoms with van der Waals surface area (Å²) in [5.74, 6) is 1.60. The molecule has 1 aromatic rings. The Hall–Kier alpha value is -1.56. The fraction of sp³-hybridized carbons (Fsp3) is 0.538. The van der Waals surface area contributed by atoms with Crippen molar-refractivity contribution in [3.63, 3.8) is 0 Å². The van der Waals surface area contributed by atoms with Gasteiger partial charge in [-0.25, -0.2) is 4.98 Å². The summed E-state index contributed by atoms with van der Waals surface area (Å²) < 4.78 is 0. The van der Waals surface area contributed by atoms with Gasteiger partial charge in [0.1, 0.15) is 11.9 Å². The van der Waals surface area contributed by atoms with E-state index in [1.165, 1.54) is 25.7 Å². The monoisotopic (exact) mass is 215 g/mol. The van der Waals surface area contributed by atoms with Gasteiger partial charge in [-0.1, -0.05) is 19.8 Å². The standard InChI is InChI=1S/C13H17N3/c1-10-4-2-3-5-12(10)16-13-7-6-11(8-14)9-15-13/h6-7,9-10,12H,2-5H2,1H3,(H,15,16). The SMILES string of the molecule is CC1CCCCC1Nc1ccc(C#N)cn1. The summed E-state index contributed by atoms with van der Waals surface area (Å²) in [6.07, 6.45) is 6.80. The largest absolute Gasteiger partial charge is 0.367 e. The van der Waals surface area contributed by atoms with Crippen molar-refractivity contribution >= 4 is 5.82 Å². The Morgan fingerprint density at radius 1 is 1.38 bits per heavy atom. The molecule has 0 amide bonds. The van der Waals surface area contributed by atoms with Crippen molar-refractivity contribution in [3.8, 4) is 6.07 Å². The Morgan fingerprint density at radius 3 is 2.81 bits per heavy atom. The highest BCUT2D eigenvalue weighted by molar-refractivity contribution is 5.39. The molecule has 2 atom stereocenters. The van der Waals surface area contributed by atoms with Gasteiger partial charge in [0.2, 0.25) is 0 Å². The number of nitrogens with one attached hydrogen (secondary N) is 1.